The Kier molecular flexibility index (Phi) is 4.15. The Labute approximate surface area is 102 Å². The summed E-state index contributed by atoms with van der Waals surface area (Å²) in [5, 5.41) is 9.18. The first-order valence-corrected chi connectivity index (χ1v) is 5.65. The number of carbonyl (C=O) groups excluding carboxylic acids is 1. The van der Waals surface area contributed by atoms with Gasteiger partial charge in [-0.2, -0.15) is 0 Å². The lowest BCUT2D eigenvalue weighted by Gasteiger charge is -2.27. The van der Waals surface area contributed by atoms with Gasteiger partial charge in [-0.05, 0) is 25.0 Å². The summed E-state index contributed by atoms with van der Waals surface area (Å²) in [6, 6.07) is -0.620. The van der Waals surface area contributed by atoms with Crippen molar-refractivity contribution in [3.05, 3.63) is 24.0 Å². The Morgan fingerprint density at radius 1 is 1.87 bits per heavy atom. The van der Waals surface area contributed by atoms with E-state index in [1.165, 1.54) is 7.11 Å². The van der Waals surface area contributed by atoms with Crippen molar-refractivity contribution in [3.63, 3.8) is 0 Å². The van der Waals surface area contributed by atoms with Gasteiger partial charge in [-0.15, -0.1) is 0 Å². The molecule has 0 spiro atoms. The van der Waals surface area contributed by atoms with E-state index in [2.05, 4.69) is 27.3 Å². The average Bonchev–Trinajstić information content (AvgIpc) is 2.21. The third-order valence-electron chi connectivity index (χ3n) is 2.27. The number of aliphatic hydroxyl groups is 1. The van der Waals surface area contributed by atoms with Crippen LogP contribution in [0.5, 0.6) is 0 Å². The quantitative estimate of drug-likeness (QED) is 0.468. The number of allylic oxidation sites excluding steroid dienone is 3. The molecule has 0 aromatic rings. The Morgan fingerprint density at radius 2 is 2.53 bits per heavy atom. The fraction of sp³-hybridized carbons (Fsp3) is 0.500. The lowest BCUT2D eigenvalue weighted by Crippen LogP contribution is -2.38. The summed E-state index contributed by atoms with van der Waals surface area (Å²) in [7, 11) is 1.32. The number of hydrogen-bond acceptors (Lipinski definition) is 4. The van der Waals surface area contributed by atoms with Gasteiger partial charge in [0.25, 0.3) is 0 Å². The van der Waals surface area contributed by atoms with Crippen LogP contribution in [0.2, 0.25) is 0 Å². The molecule has 1 rings (SSSR count). The minimum atomic E-state index is -0.620. The molecule has 5 heteroatoms. The summed E-state index contributed by atoms with van der Waals surface area (Å²) in [6.07, 6.45) is 6.38. The monoisotopic (exact) mass is 323 g/mol. The van der Waals surface area contributed by atoms with E-state index in [-0.39, 0.29) is 9.18 Å². The van der Waals surface area contributed by atoms with Gasteiger partial charge < -0.3 is 15.6 Å². The highest BCUT2D eigenvalue weighted by molar-refractivity contribution is 14.1. The van der Waals surface area contributed by atoms with Crippen LogP contribution in [0.25, 0.3) is 0 Å². The molecule has 2 unspecified atom stereocenters. The maximum absolute atomic E-state index is 11.2. The second-order valence-corrected chi connectivity index (χ2v) is 5.68. The fourth-order valence-electron chi connectivity index (χ4n) is 1.40. The van der Waals surface area contributed by atoms with E-state index in [1.54, 1.807) is 12.2 Å². The van der Waals surface area contributed by atoms with Gasteiger partial charge in [0.15, 0.2) is 0 Å². The number of alkyl halides is 1. The van der Waals surface area contributed by atoms with Gasteiger partial charge >= 0.3 is 5.97 Å². The zero-order valence-electron chi connectivity index (χ0n) is 8.44. The van der Waals surface area contributed by atoms with Crippen LogP contribution in [-0.4, -0.2) is 27.6 Å². The predicted molar refractivity (Wildman–Crippen MR) is 65.8 cm³/mol. The van der Waals surface area contributed by atoms with Crippen LogP contribution in [0.15, 0.2) is 24.0 Å². The largest absolute Gasteiger partial charge is 0.508 e. The van der Waals surface area contributed by atoms with E-state index >= 15 is 0 Å². The number of hydrogen-bond donors (Lipinski definition) is 2. The van der Waals surface area contributed by atoms with Crippen molar-refractivity contribution in [2.75, 3.05) is 7.11 Å². The summed E-state index contributed by atoms with van der Waals surface area (Å²) < 4.78 is 4.35. The topological polar surface area (TPSA) is 72.5 Å². The van der Waals surface area contributed by atoms with E-state index in [4.69, 9.17) is 5.73 Å². The predicted octanol–water partition coefficient (Wildman–Crippen LogP) is 1.45. The molecule has 84 valence electrons. The van der Waals surface area contributed by atoms with Crippen LogP contribution in [0, 0.1) is 0 Å². The van der Waals surface area contributed by atoms with Crippen LogP contribution in [0.4, 0.5) is 0 Å². The normalized spacial score (nSPS) is 27.0. The molecule has 0 bridgehead atoms. The second kappa shape index (κ2) is 4.98. The lowest BCUT2D eigenvalue weighted by atomic mass is 9.93. The van der Waals surface area contributed by atoms with Crippen molar-refractivity contribution >= 4 is 28.6 Å². The van der Waals surface area contributed by atoms with Crippen molar-refractivity contribution < 1.29 is 14.6 Å². The summed E-state index contributed by atoms with van der Waals surface area (Å²) in [6.45, 7) is 0. The minimum Gasteiger partial charge on any atom is -0.508 e. The molecule has 0 amide bonds. The molecular formula is C10H14INO3. The molecule has 0 radical (unpaired) electrons. The molecule has 0 aromatic carbocycles. The Morgan fingerprint density at radius 3 is 3.00 bits per heavy atom. The van der Waals surface area contributed by atoms with Crippen LogP contribution >= 0.6 is 22.6 Å². The van der Waals surface area contributed by atoms with E-state index in [1.807, 2.05) is 6.08 Å². The van der Waals surface area contributed by atoms with Crippen LogP contribution < -0.4 is 5.73 Å². The maximum Gasteiger partial charge on any atom is 0.322 e. The number of nitrogens with two attached hydrogens (primary N) is 1. The number of esters is 1. The van der Waals surface area contributed by atoms with Crippen LogP contribution in [-0.2, 0) is 9.53 Å². The van der Waals surface area contributed by atoms with Crippen molar-refractivity contribution in [1.29, 1.82) is 0 Å². The van der Waals surface area contributed by atoms with Crippen LogP contribution in [0.1, 0.15) is 12.8 Å². The zero-order valence-corrected chi connectivity index (χ0v) is 10.6. The third kappa shape index (κ3) is 3.49. The van der Waals surface area contributed by atoms with Crippen molar-refractivity contribution in [1.82, 2.24) is 0 Å². The highest BCUT2D eigenvalue weighted by Gasteiger charge is 2.30. The highest BCUT2D eigenvalue weighted by Crippen LogP contribution is 2.34. The zero-order chi connectivity index (χ0) is 11.5. The van der Waals surface area contributed by atoms with E-state index in [0.29, 0.717) is 12.8 Å². The summed E-state index contributed by atoms with van der Waals surface area (Å²) >= 11 is 2.23. The van der Waals surface area contributed by atoms with Crippen molar-refractivity contribution in [3.8, 4) is 0 Å². The molecule has 0 aliphatic heterocycles. The molecule has 0 saturated heterocycles. The lowest BCUT2D eigenvalue weighted by molar-refractivity contribution is -0.142. The first-order valence-electron chi connectivity index (χ1n) is 4.57. The Bertz CT molecular complexity index is 314. The Hall–Kier alpha value is -0.560. The minimum absolute atomic E-state index is 0.211. The van der Waals surface area contributed by atoms with Crippen molar-refractivity contribution in [2.45, 2.75) is 22.3 Å². The van der Waals surface area contributed by atoms with Gasteiger partial charge in [0.2, 0.25) is 0 Å². The molecule has 0 fully saturated rings. The first-order chi connectivity index (χ1) is 6.97. The number of rotatable bonds is 3. The summed E-state index contributed by atoms with van der Waals surface area (Å²) in [5.74, 6) is -0.146. The molecule has 1 aliphatic rings. The smallest absolute Gasteiger partial charge is 0.322 e. The highest BCUT2D eigenvalue weighted by atomic mass is 127. The summed E-state index contributed by atoms with van der Waals surface area (Å²) in [5.41, 5.74) is 5.68. The van der Waals surface area contributed by atoms with E-state index < -0.39 is 12.0 Å². The van der Waals surface area contributed by atoms with Gasteiger partial charge in [0.05, 0.1) is 7.11 Å². The SMILES string of the molecule is COC(=O)C(N)CC1(I)C=CC(O)=CC1. The van der Waals surface area contributed by atoms with Gasteiger partial charge in [-0.1, -0.05) is 28.7 Å². The summed E-state index contributed by atoms with van der Waals surface area (Å²) in [4.78, 5) is 11.2. The van der Waals surface area contributed by atoms with Gasteiger partial charge in [-0.25, -0.2) is 0 Å². The molecule has 0 saturated carbocycles. The van der Waals surface area contributed by atoms with Gasteiger partial charge in [0, 0.05) is 3.42 Å². The number of carbonyl (C=O) groups is 1. The number of methoxy groups -OCH3 is 1. The molecular weight excluding hydrogens is 309 g/mol. The first kappa shape index (κ1) is 12.5. The van der Waals surface area contributed by atoms with Crippen molar-refractivity contribution in [2.24, 2.45) is 5.73 Å². The van der Waals surface area contributed by atoms with Crippen LogP contribution in [0.3, 0.4) is 0 Å². The van der Waals surface area contributed by atoms with E-state index in [9.17, 15) is 9.90 Å². The maximum atomic E-state index is 11.2. The second-order valence-electron chi connectivity index (χ2n) is 3.53. The molecule has 1 aliphatic carbocycles. The number of halogens is 1. The molecule has 0 heterocycles. The number of ether oxygens (including phenoxy) is 1. The van der Waals surface area contributed by atoms with E-state index in [0.717, 1.165) is 0 Å². The fourth-order valence-corrected chi connectivity index (χ4v) is 2.27. The third-order valence-corrected chi connectivity index (χ3v) is 3.51. The molecule has 4 nitrogen and oxygen atoms in total. The van der Waals surface area contributed by atoms with Gasteiger partial charge in [-0.3, -0.25) is 4.79 Å². The molecule has 0 aromatic heterocycles. The van der Waals surface area contributed by atoms with Gasteiger partial charge in [0.1, 0.15) is 11.8 Å². The molecule has 3 N–H and O–H groups in total. The molecule has 15 heavy (non-hydrogen) atoms. The number of aliphatic hydroxyl groups excluding tert-OH is 1. The standard InChI is InChI=1S/C10H14INO3/c1-15-9(14)8(12)6-10(11)4-2-7(13)3-5-10/h2-4,8,13H,5-6,12H2,1H3. The Balaban J connectivity index is 2.59. The molecule has 2 atom stereocenters. The average molecular weight is 323 g/mol.